The minimum absolute atomic E-state index is 0.323. The van der Waals surface area contributed by atoms with E-state index >= 15 is 0 Å². The molecule has 2 atom stereocenters. The molecule has 2 unspecified atom stereocenters. The number of fused-ring (bicyclic) bond motifs is 1. The molecular formula is C12H15BrN4O. The summed E-state index contributed by atoms with van der Waals surface area (Å²) in [4.78, 5) is 4.48. The third-order valence-electron chi connectivity index (χ3n) is 3.34. The minimum Gasteiger partial charge on any atom is -0.381 e. The lowest BCUT2D eigenvalue weighted by Gasteiger charge is -2.17. The summed E-state index contributed by atoms with van der Waals surface area (Å²) >= 11 is 3.47. The van der Waals surface area contributed by atoms with Crippen molar-refractivity contribution in [2.24, 2.45) is 5.92 Å². The van der Waals surface area contributed by atoms with Gasteiger partial charge in [0.05, 0.1) is 11.1 Å². The lowest BCUT2D eigenvalue weighted by atomic mass is 10.0. The molecule has 2 aromatic rings. The Morgan fingerprint density at radius 2 is 2.50 bits per heavy atom. The van der Waals surface area contributed by atoms with Crippen LogP contribution in [0.5, 0.6) is 0 Å². The highest BCUT2D eigenvalue weighted by Crippen LogP contribution is 2.21. The summed E-state index contributed by atoms with van der Waals surface area (Å²) in [7, 11) is 0. The highest BCUT2D eigenvalue weighted by atomic mass is 79.9. The molecule has 1 saturated heterocycles. The Hall–Kier alpha value is -1.14. The van der Waals surface area contributed by atoms with Crippen LogP contribution < -0.4 is 5.32 Å². The van der Waals surface area contributed by atoms with Crippen LogP contribution in [-0.2, 0) is 4.74 Å². The standard InChI is InChI=1S/C12H15BrN4O/c1-8(9-4-6-18-7-9)14-12-15-11-10(13)3-2-5-17(11)16-12/h2-3,5,8-9H,4,6-7H2,1H3,(H,14,16). The van der Waals surface area contributed by atoms with Gasteiger partial charge in [-0.15, -0.1) is 5.10 Å². The Labute approximate surface area is 114 Å². The zero-order valence-corrected chi connectivity index (χ0v) is 11.7. The summed E-state index contributed by atoms with van der Waals surface area (Å²) in [6.45, 7) is 3.84. The number of nitrogens with zero attached hydrogens (tertiary/aromatic N) is 3. The van der Waals surface area contributed by atoms with Crippen molar-refractivity contribution in [3.05, 3.63) is 22.8 Å². The van der Waals surface area contributed by atoms with Gasteiger partial charge in [-0.3, -0.25) is 0 Å². The van der Waals surface area contributed by atoms with E-state index < -0.39 is 0 Å². The molecule has 1 N–H and O–H groups in total. The van der Waals surface area contributed by atoms with Crippen LogP contribution in [0.4, 0.5) is 5.95 Å². The Morgan fingerprint density at radius 1 is 1.61 bits per heavy atom. The molecule has 2 aromatic heterocycles. The molecule has 5 nitrogen and oxygen atoms in total. The molecule has 0 spiro atoms. The van der Waals surface area contributed by atoms with Gasteiger partial charge in [0, 0.05) is 24.8 Å². The van der Waals surface area contributed by atoms with Crippen molar-refractivity contribution in [1.82, 2.24) is 14.6 Å². The third-order valence-corrected chi connectivity index (χ3v) is 3.96. The van der Waals surface area contributed by atoms with Crippen LogP contribution in [0.3, 0.4) is 0 Å². The fraction of sp³-hybridized carbons (Fsp3) is 0.500. The molecule has 18 heavy (non-hydrogen) atoms. The first kappa shape index (κ1) is 11.9. The number of hydrogen-bond donors (Lipinski definition) is 1. The molecule has 96 valence electrons. The molecule has 6 heteroatoms. The smallest absolute Gasteiger partial charge is 0.243 e. The first-order valence-electron chi connectivity index (χ1n) is 6.09. The summed E-state index contributed by atoms with van der Waals surface area (Å²) in [6.07, 6.45) is 2.99. The maximum absolute atomic E-state index is 5.40. The highest BCUT2D eigenvalue weighted by Gasteiger charge is 2.23. The minimum atomic E-state index is 0.323. The number of halogens is 1. The summed E-state index contributed by atoms with van der Waals surface area (Å²) in [5.41, 5.74) is 0.829. The van der Waals surface area contributed by atoms with Gasteiger partial charge < -0.3 is 10.1 Å². The Balaban J connectivity index is 1.80. The van der Waals surface area contributed by atoms with Crippen LogP contribution in [0.1, 0.15) is 13.3 Å². The van der Waals surface area contributed by atoms with Gasteiger partial charge in [-0.1, -0.05) is 0 Å². The average Bonchev–Trinajstić information content (AvgIpc) is 2.97. The monoisotopic (exact) mass is 310 g/mol. The fourth-order valence-corrected chi connectivity index (χ4v) is 2.63. The van der Waals surface area contributed by atoms with E-state index in [2.05, 4.69) is 38.3 Å². The number of aromatic nitrogens is 3. The van der Waals surface area contributed by atoms with Crippen LogP contribution in [0.15, 0.2) is 22.8 Å². The van der Waals surface area contributed by atoms with Crippen LogP contribution >= 0.6 is 15.9 Å². The Kier molecular flexibility index (Phi) is 3.22. The molecule has 3 rings (SSSR count). The molecule has 1 aliphatic rings. The molecule has 1 fully saturated rings. The predicted molar refractivity (Wildman–Crippen MR) is 72.7 cm³/mol. The van der Waals surface area contributed by atoms with Crippen LogP contribution in [0.2, 0.25) is 0 Å². The first-order chi connectivity index (χ1) is 8.74. The average molecular weight is 311 g/mol. The summed E-state index contributed by atoms with van der Waals surface area (Å²) < 4.78 is 8.12. The van der Waals surface area contributed by atoms with E-state index in [1.165, 1.54) is 0 Å². The van der Waals surface area contributed by atoms with E-state index in [0.717, 1.165) is 29.8 Å². The van der Waals surface area contributed by atoms with E-state index in [0.29, 0.717) is 17.9 Å². The topological polar surface area (TPSA) is 51.5 Å². The van der Waals surface area contributed by atoms with Crippen molar-refractivity contribution in [2.45, 2.75) is 19.4 Å². The molecule has 0 aliphatic carbocycles. The van der Waals surface area contributed by atoms with Crippen molar-refractivity contribution in [3.63, 3.8) is 0 Å². The van der Waals surface area contributed by atoms with Crippen molar-refractivity contribution < 1.29 is 4.74 Å². The molecule has 3 heterocycles. The van der Waals surface area contributed by atoms with Crippen molar-refractivity contribution >= 4 is 27.5 Å². The van der Waals surface area contributed by atoms with Gasteiger partial charge in [0.1, 0.15) is 0 Å². The normalized spacial score (nSPS) is 21.3. The van der Waals surface area contributed by atoms with Gasteiger partial charge >= 0.3 is 0 Å². The number of hydrogen-bond acceptors (Lipinski definition) is 4. The maximum atomic E-state index is 5.40. The number of rotatable bonds is 3. The molecular weight excluding hydrogens is 296 g/mol. The van der Waals surface area contributed by atoms with E-state index in [9.17, 15) is 0 Å². The number of ether oxygens (including phenoxy) is 1. The zero-order valence-electron chi connectivity index (χ0n) is 10.1. The van der Waals surface area contributed by atoms with Gasteiger partial charge in [-0.05, 0) is 41.4 Å². The number of nitrogens with one attached hydrogen (secondary N) is 1. The Bertz CT molecular complexity index is 550. The van der Waals surface area contributed by atoms with Crippen LogP contribution in [-0.4, -0.2) is 33.9 Å². The second-order valence-electron chi connectivity index (χ2n) is 4.62. The quantitative estimate of drug-likeness (QED) is 0.945. The lowest BCUT2D eigenvalue weighted by Crippen LogP contribution is -2.26. The van der Waals surface area contributed by atoms with Crippen molar-refractivity contribution in [3.8, 4) is 0 Å². The fourth-order valence-electron chi connectivity index (χ4n) is 2.20. The Morgan fingerprint density at radius 3 is 3.22 bits per heavy atom. The SMILES string of the molecule is CC(Nc1nc2c(Br)cccn2n1)C1CCOC1. The second-order valence-corrected chi connectivity index (χ2v) is 5.47. The van der Waals surface area contributed by atoms with Crippen LogP contribution in [0, 0.1) is 5.92 Å². The molecule has 0 bridgehead atoms. The maximum Gasteiger partial charge on any atom is 0.243 e. The van der Waals surface area contributed by atoms with Crippen LogP contribution in [0.25, 0.3) is 5.65 Å². The van der Waals surface area contributed by atoms with E-state index in [1.54, 1.807) is 4.52 Å². The third kappa shape index (κ3) is 2.22. The summed E-state index contributed by atoms with van der Waals surface area (Å²) in [6, 6.07) is 4.22. The predicted octanol–water partition coefficient (Wildman–Crippen LogP) is 2.33. The molecule has 0 radical (unpaired) electrons. The molecule has 0 amide bonds. The second kappa shape index (κ2) is 4.85. The van der Waals surface area contributed by atoms with E-state index in [-0.39, 0.29) is 0 Å². The van der Waals surface area contributed by atoms with Crippen molar-refractivity contribution in [1.29, 1.82) is 0 Å². The number of pyridine rings is 1. The lowest BCUT2D eigenvalue weighted by molar-refractivity contribution is 0.183. The molecule has 1 aliphatic heterocycles. The summed E-state index contributed by atoms with van der Waals surface area (Å²) in [5, 5.41) is 7.77. The van der Waals surface area contributed by atoms with E-state index in [4.69, 9.17) is 4.74 Å². The van der Waals surface area contributed by atoms with E-state index in [1.807, 2.05) is 18.3 Å². The summed E-state index contributed by atoms with van der Waals surface area (Å²) in [5.74, 6) is 1.21. The highest BCUT2D eigenvalue weighted by molar-refractivity contribution is 9.10. The molecule has 0 aromatic carbocycles. The molecule has 0 saturated carbocycles. The largest absolute Gasteiger partial charge is 0.381 e. The first-order valence-corrected chi connectivity index (χ1v) is 6.88. The van der Waals surface area contributed by atoms with Gasteiger partial charge in [-0.2, -0.15) is 4.98 Å². The van der Waals surface area contributed by atoms with Crippen molar-refractivity contribution in [2.75, 3.05) is 18.5 Å². The van der Waals surface area contributed by atoms with Gasteiger partial charge in [0.25, 0.3) is 0 Å². The zero-order chi connectivity index (χ0) is 12.5. The van der Waals surface area contributed by atoms with Gasteiger partial charge in [0.2, 0.25) is 5.95 Å². The van der Waals surface area contributed by atoms with Gasteiger partial charge in [-0.25, -0.2) is 4.52 Å². The van der Waals surface area contributed by atoms with Gasteiger partial charge in [0.15, 0.2) is 5.65 Å². The number of anilines is 1.